The fourth-order valence-electron chi connectivity index (χ4n) is 0.939. The Bertz CT molecular complexity index is 380. The maximum atomic E-state index is 10.5. The molecular weight excluding hydrogens is 210 g/mol. The molecule has 0 spiro atoms. The number of benzene rings is 1. The first-order valence-electron chi connectivity index (χ1n) is 3.59. The molecule has 0 aliphatic heterocycles. The van der Waals surface area contributed by atoms with Crippen LogP contribution in [0.15, 0.2) is 27.9 Å². The van der Waals surface area contributed by atoms with E-state index in [0.29, 0.717) is 5.56 Å². The van der Waals surface area contributed by atoms with Crippen LogP contribution in [0.5, 0.6) is 0 Å². The highest BCUT2D eigenvalue weighted by Gasteiger charge is 2.13. The zero-order chi connectivity index (χ0) is 10.6. The van der Waals surface area contributed by atoms with Crippen molar-refractivity contribution in [1.29, 1.82) is 0 Å². The molecule has 7 heteroatoms. The molecule has 0 heterocycles. The molecule has 0 saturated carbocycles. The van der Waals surface area contributed by atoms with Crippen molar-refractivity contribution in [3.05, 3.63) is 33.9 Å². The second kappa shape index (κ2) is 4.64. The Morgan fingerprint density at radius 1 is 1.57 bits per heavy atom. The van der Waals surface area contributed by atoms with Gasteiger partial charge in [0.1, 0.15) is 0 Å². The fourth-order valence-corrected chi connectivity index (χ4v) is 1.02. The van der Waals surface area contributed by atoms with Crippen molar-refractivity contribution < 1.29 is 10.0 Å². The van der Waals surface area contributed by atoms with Crippen molar-refractivity contribution in [2.45, 2.75) is 6.61 Å². The Morgan fingerprint density at radius 2 is 2.29 bits per heavy atom. The molecule has 0 saturated heterocycles. The summed E-state index contributed by atoms with van der Waals surface area (Å²) in [5.74, 6) is 0. The number of nitro groups is 1. The molecule has 14 heavy (non-hydrogen) atoms. The van der Waals surface area contributed by atoms with E-state index in [9.17, 15) is 10.1 Å². The van der Waals surface area contributed by atoms with Gasteiger partial charge in [-0.25, -0.2) is 0 Å². The van der Waals surface area contributed by atoms with Gasteiger partial charge in [-0.1, -0.05) is 10.7 Å². The van der Waals surface area contributed by atoms with Crippen LogP contribution >= 0.6 is 11.8 Å². The van der Waals surface area contributed by atoms with E-state index >= 15 is 0 Å². The molecule has 0 atom stereocenters. The van der Waals surface area contributed by atoms with Crippen LogP contribution in [-0.2, 0) is 6.61 Å². The minimum Gasteiger partial charge on any atom is -0.392 e. The van der Waals surface area contributed by atoms with Crippen LogP contribution in [-0.4, -0.2) is 10.0 Å². The number of rotatable bonds is 3. The second-order valence-electron chi connectivity index (χ2n) is 2.41. The number of halogens is 1. The summed E-state index contributed by atoms with van der Waals surface area (Å²) < 4.78 is 2.93. The summed E-state index contributed by atoms with van der Waals surface area (Å²) in [7, 11) is 0. The van der Waals surface area contributed by atoms with E-state index in [1.54, 1.807) is 0 Å². The van der Waals surface area contributed by atoms with Crippen molar-refractivity contribution in [2.75, 3.05) is 0 Å². The number of nitrogens with zero attached hydrogens (tertiary/aromatic N) is 3. The molecule has 1 aromatic rings. The first kappa shape index (κ1) is 10.6. The molecule has 0 radical (unpaired) electrons. The predicted octanol–water partition coefficient (Wildman–Crippen LogP) is 2.32. The Balaban J connectivity index is 3.23. The lowest BCUT2D eigenvalue weighted by atomic mass is 10.2. The summed E-state index contributed by atoms with van der Waals surface area (Å²) in [5.41, 5.74) is 0.258. The third-order valence-electron chi connectivity index (χ3n) is 1.56. The second-order valence-corrected chi connectivity index (χ2v) is 2.57. The van der Waals surface area contributed by atoms with Crippen molar-refractivity contribution >= 4 is 23.2 Å². The smallest absolute Gasteiger partial charge is 0.297 e. The molecule has 0 fully saturated rings. The Morgan fingerprint density at radius 3 is 2.79 bits per heavy atom. The van der Waals surface area contributed by atoms with Crippen LogP contribution in [0.4, 0.5) is 11.4 Å². The first-order valence-corrected chi connectivity index (χ1v) is 3.93. The third-order valence-corrected chi connectivity index (χ3v) is 1.64. The summed E-state index contributed by atoms with van der Waals surface area (Å²) in [5, 5.41) is 22.7. The number of nitro benzene ring substituents is 1. The monoisotopic (exact) mass is 215 g/mol. The molecule has 1 rings (SSSR count). The quantitative estimate of drug-likeness (QED) is 0.477. The Labute approximate surface area is 84.1 Å². The van der Waals surface area contributed by atoms with Gasteiger partial charge < -0.3 is 5.11 Å². The van der Waals surface area contributed by atoms with Gasteiger partial charge in [-0.05, 0) is 11.6 Å². The topological polar surface area (TPSA) is 88.1 Å². The molecule has 0 aromatic heterocycles. The molecule has 0 amide bonds. The third kappa shape index (κ3) is 2.24. The molecular formula is C7H6ClN3O3. The number of hydrogen-bond acceptors (Lipinski definition) is 5. The lowest BCUT2D eigenvalue weighted by Crippen LogP contribution is -1.91. The van der Waals surface area contributed by atoms with Crippen LogP contribution in [0.25, 0.3) is 0 Å². The maximum Gasteiger partial charge on any atom is 0.297 e. The molecule has 1 N–H and O–H groups in total. The largest absolute Gasteiger partial charge is 0.392 e. The minimum atomic E-state index is -0.611. The van der Waals surface area contributed by atoms with E-state index in [1.807, 2.05) is 0 Å². The normalized spacial score (nSPS) is 10.7. The predicted molar refractivity (Wildman–Crippen MR) is 49.4 cm³/mol. The molecule has 0 aliphatic rings. The molecule has 6 nitrogen and oxygen atoms in total. The summed E-state index contributed by atoms with van der Waals surface area (Å²) >= 11 is 4.97. The lowest BCUT2D eigenvalue weighted by Gasteiger charge is -1.98. The number of hydrogen-bond donors (Lipinski definition) is 1. The lowest BCUT2D eigenvalue weighted by molar-refractivity contribution is -0.384. The number of aliphatic hydroxyl groups is 1. The van der Waals surface area contributed by atoms with Gasteiger partial charge in [-0.15, -0.1) is 5.11 Å². The van der Waals surface area contributed by atoms with Crippen LogP contribution in [0.3, 0.4) is 0 Å². The van der Waals surface area contributed by atoms with E-state index in [-0.39, 0.29) is 18.0 Å². The summed E-state index contributed by atoms with van der Waals surface area (Å²) in [4.78, 5) is 9.93. The van der Waals surface area contributed by atoms with Gasteiger partial charge in [0.15, 0.2) is 5.69 Å². The average molecular weight is 216 g/mol. The highest BCUT2D eigenvalue weighted by atomic mass is 35.5. The molecule has 0 unspecified atom stereocenters. The van der Waals surface area contributed by atoms with E-state index in [0.717, 1.165) is 0 Å². The summed E-state index contributed by atoms with van der Waals surface area (Å²) in [6.07, 6.45) is 0. The van der Waals surface area contributed by atoms with Crippen molar-refractivity contribution in [3.8, 4) is 0 Å². The van der Waals surface area contributed by atoms with Gasteiger partial charge >= 0.3 is 0 Å². The van der Waals surface area contributed by atoms with E-state index in [2.05, 4.69) is 9.75 Å². The number of aliphatic hydroxyl groups excluding tert-OH is 1. The highest BCUT2D eigenvalue weighted by molar-refractivity contribution is 6.14. The molecule has 74 valence electrons. The molecule has 0 aliphatic carbocycles. The summed E-state index contributed by atoms with van der Waals surface area (Å²) in [6.45, 7) is -0.265. The average Bonchev–Trinajstić information content (AvgIpc) is 2.18. The fraction of sp³-hybridized carbons (Fsp3) is 0.143. The van der Waals surface area contributed by atoms with Gasteiger partial charge in [0.25, 0.3) is 5.69 Å². The Kier molecular flexibility index (Phi) is 3.49. The van der Waals surface area contributed by atoms with Gasteiger partial charge in [0, 0.05) is 6.07 Å². The maximum absolute atomic E-state index is 10.5. The van der Waals surface area contributed by atoms with Crippen molar-refractivity contribution in [3.63, 3.8) is 0 Å². The van der Waals surface area contributed by atoms with Gasteiger partial charge in [-0.2, -0.15) is 0 Å². The first-order chi connectivity index (χ1) is 6.69. The summed E-state index contributed by atoms with van der Waals surface area (Å²) in [6, 6.07) is 4.10. The van der Waals surface area contributed by atoms with Crippen LogP contribution < -0.4 is 0 Å². The van der Waals surface area contributed by atoms with Crippen molar-refractivity contribution in [1.82, 2.24) is 0 Å². The standard InChI is InChI=1S/C7H6ClN3O3/c8-10-9-6-2-1-5(4-12)3-7(6)11(13)14/h1-3,12H,4H2/b10-9+. The van der Waals surface area contributed by atoms with Gasteiger partial charge in [0.05, 0.1) is 23.3 Å². The van der Waals surface area contributed by atoms with Gasteiger partial charge in [-0.3, -0.25) is 10.1 Å². The van der Waals surface area contributed by atoms with E-state index in [1.165, 1.54) is 18.2 Å². The zero-order valence-corrected chi connectivity index (χ0v) is 7.68. The Hall–Kier alpha value is -1.53. The zero-order valence-electron chi connectivity index (χ0n) is 6.92. The van der Waals surface area contributed by atoms with Crippen LogP contribution in [0, 0.1) is 10.1 Å². The minimum absolute atomic E-state index is 0.0576. The van der Waals surface area contributed by atoms with Gasteiger partial charge in [0.2, 0.25) is 0 Å². The SMILES string of the molecule is O=[N+]([O-])c1cc(CO)ccc1/N=N/Cl. The van der Waals surface area contributed by atoms with Crippen molar-refractivity contribution in [2.24, 2.45) is 9.75 Å². The molecule has 0 bridgehead atoms. The van der Waals surface area contributed by atoms with Crippen LogP contribution in [0.2, 0.25) is 0 Å². The molecule has 1 aromatic carbocycles. The van der Waals surface area contributed by atoms with E-state index < -0.39 is 4.92 Å². The highest BCUT2D eigenvalue weighted by Crippen LogP contribution is 2.28. The van der Waals surface area contributed by atoms with E-state index in [4.69, 9.17) is 16.9 Å². The van der Waals surface area contributed by atoms with Crippen LogP contribution in [0.1, 0.15) is 5.56 Å².